The van der Waals surface area contributed by atoms with Crippen LogP contribution in [0.5, 0.6) is 5.75 Å². The molecule has 2 aromatic heterocycles. The number of nitrogens with zero attached hydrogens (tertiary/aromatic N) is 5. The Labute approximate surface area is 168 Å². The fraction of sp³-hybridized carbons (Fsp3) is 0.429. The summed E-state index contributed by atoms with van der Waals surface area (Å²) in [5.74, 6) is 1.80. The van der Waals surface area contributed by atoms with E-state index in [2.05, 4.69) is 35.6 Å². The summed E-state index contributed by atoms with van der Waals surface area (Å²) >= 11 is 0. The van der Waals surface area contributed by atoms with E-state index in [1.807, 2.05) is 12.1 Å². The molecule has 3 N–H and O–H groups in total. The number of benzene rings is 1. The molecule has 4 aliphatic rings. The molecule has 2 bridgehead atoms. The molecule has 3 aromatic rings. The predicted octanol–water partition coefficient (Wildman–Crippen LogP) is 2.36. The number of phenols is 1. The van der Waals surface area contributed by atoms with Crippen LogP contribution in [0.15, 0.2) is 36.8 Å². The Balaban J connectivity index is 1.15. The van der Waals surface area contributed by atoms with Crippen LogP contribution in [0.1, 0.15) is 25.7 Å². The first-order chi connectivity index (χ1) is 14.2. The zero-order valence-corrected chi connectivity index (χ0v) is 16.0. The summed E-state index contributed by atoms with van der Waals surface area (Å²) in [7, 11) is 0. The van der Waals surface area contributed by atoms with Crippen molar-refractivity contribution in [1.82, 2.24) is 30.7 Å². The number of rotatable bonds is 5. The molecule has 0 amide bonds. The molecule has 1 atom stereocenters. The molecule has 0 radical (unpaired) electrons. The monoisotopic (exact) mass is 389 g/mol. The van der Waals surface area contributed by atoms with Gasteiger partial charge in [0.05, 0.1) is 12.4 Å². The lowest BCUT2D eigenvalue weighted by Crippen LogP contribution is -2.69. The molecular weight excluding hydrogens is 366 g/mol. The summed E-state index contributed by atoms with van der Waals surface area (Å²) in [5.41, 5.74) is 3.44. The first-order valence-electron chi connectivity index (χ1n) is 10.2. The molecule has 1 unspecified atom stereocenters. The lowest BCUT2D eigenvalue weighted by Gasteiger charge is -2.63. The van der Waals surface area contributed by atoms with Gasteiger partial charge in [-0.25, -0.2) is 4.98 Å². The zero-order chi connectivity index (χ0) is 19.4. The Morgan fingerprint density at radius 1 is 1.14 bits per heavy atom. The molecule has 1 saturated heterocycles. The van der Waals surface area contributed by atoms with Gasteiger partial charge in [0.2, 0.25) is 5.95 Å². The van der Waals surface area contributed by atoms with E-state index in [0.29, 0.717) is 28.8 Å². The van der Waals surface area contributed by atoms with Crippen molar-refractivity contribution < 1.29 is 5.11 Å². The fourth-order valence-corrected chi connectivity index (χ4v) is 5.02. The van der Waals surface area contributed by atoms with Crippen molar-refractivity contribution in [2.45, 2.75) is 37.3 Å². The second kappa shape index (κ2) is 6.25. The zero-order valence-electron chi connectivity index (χ0n) is 16.0. The highest BCUT2D eigenvalue weighted by atomic mass is 16.3. The van der Waals surface area contributed by atoms with Crippen LogP contribution in [0.4, 0.5) is 5.95 Å². The van der Waals surface area contributed by atoms with Gasteiger partial charge in [-0.05, 0) is 49.3 Å². The molecule has 3 saturated carbocycles. The average molecular weight is 389 g/mol. The second-order valence-corrected chi connectivity index (χ2v) is 8.70. The molecule has 3 heterocycles. The summed E-state index contributed by atoms with van der Waals surface area (Å²) in [5, 5.41) is 29.7. The minimum absolute atomic E-state index is 0.150. The number of hydrogen-bond acceptors (Lipinski definition) is 7. The van der Waals surface area contributed by atoms with Crippen molar-refractivity contribution in [3.63, 3.8) is 0 Å². The van der Waals surface area contributed by atoms with E-state index in [1.165, 1.54) is 19.3 Å². The number of aromatic amines is 1. The maximum absolute atomic E-state index is 10.5. The number of aromatic nitrogens is 5. The van der Waals surface area contributed by atoms with Crippen LogP contribution >= 0.6 is 0 Å². The van der Waals surface area contributed by atoms with Gasteiger partial charge in [0.15, 0.2) is 0 Å². The van der Waals surface area contributed by atoms with E-state index in [0.717, 1.165) is 36.6 Å². The molecule has 148 valence electrons. The van der Waals surface area contributed by atoms with Gasteiger partial charge < -0.3 is 15.3 Å². The highest BCUT2D eigenvalue weighted by molar-refractivity contribution is 5.73. The van der Waals surface area contributed by atoms with Crippen molar-refractivity contribution in [3.8, 4) is 28.1 Å². The molecule has 3 aliphatic carbocycles. The summed E-state index contributed by atoms with van der Waals surface area (Å²) < 4.78 is 0. The quantitative estimate of drug-likeness (QED) is 0.615. The third-order valence-corrected chi connectivity index (χ3v) is 6.67. The summed E-state index contributed by atoms with van der Waals surface area (Å²) in [6.07, 6.45) is 10.4. The van der Waals surface area contributed by atoms with Crippen LogP contribution in [-0.2, 0) is 0 Å². The van der Waals surface area contributed by atoms with E-state index in [-0.39, 0.29) is 5.75 Å². The highest BCUT2D eigenvalue weighted by Crippen LogP contribution is 2.57. The van der Waals surface area contributed by atoms with Crippen molar-refractivity contribution >= 4 is 5.95 Å². The lowest BCUT2D eigenvalue weighted by molar-refractivity contribution is -0.0572. The molecule has 4 fully saturated rings. The van der Waals surface area contributed by atoms with Crippen molar-refractivity contribution in [1.29, 1.82) is 0 Å². The molecule has 29 heavy (non-hydrogen) atoms. The SMILES string of the molecule is Oc1cc(-c2cn[nH]c2)ccc1-c1cnc(N2CCC(NC34CC(C3)C4)C2)nn1. The number of hydrogen-bond donors (Lipinski definition) is 3. The van der Waals surface area contributed by atoms with Gasteiger partial charge in [-0.2, -0.15) is 5.10 Å². The van der Waals surface area contributed by atoms with E-state index in [4.69, 9.17) is 0 Å². The summed E-state index contributed by atoms with van der Waals surface area (Å²) in [4.78, 5) is 6.72. The van der Waals surface area contributed by atoms with E-state index >= 15 is 0 Å². The number of nitrogens with one attached hydrogen (secondary N) is 2. The maximum Gasteiger partial charge on any atom is 0.245 e. The molecule has 8 nitrogen and oxygen atoms in total. The minimum Gasteiger partial charge on any atom is -0.507 e. The topological polar surface area (TPSA) is 103 Å². The van der Waals surface area contributed by atoms with Crippen LogP contribution in [0.2, 0.25) is 0 Å². The molecular formula is C21H23N7O. The minimum atomic E-state index is 0.150. The third-order valence-electron chi connectivity index (χ3n) is 6.67. The predicted molar refractivity (Wildman–Crippen MR) is 108 cm³/mol. The Morgan fingerprint density at radius 3 is 2.69 bits per heavy atom. The number of aromatic hydroxyl groups is 1. The summed E-state index contributed by atoms with van der Waals surface area (Å²) in [6.45, 7) is 1.88. The molecule has 8 heteroatoms. The normalized spacial score (nSPS) is 27.5. The van der Waals surface area contributed by atoms with Gasteiger partial charge in [-0.15, -0.1) is 10.2 Å². The van der Waals surface area contributed by atoms with E-state index in [1.54, 1.807) is 24.7 Å². The smallest absolute Gasteiger partial charge is 0.245 e. The van der Waals surface area contributed by atoms with Crippen molar-refractivity contribution in [2.24, 2.45) is 5.92 Å². The standard InChI is InChI=1S/C21H23N7O/c29-19-5-14(15-9-23-24-10-15)1-2-17(19)18-11-22-20(27-26-18)28-4-3-16(12-28)25-21-6-13(7-21)8-21/h1-2,5,9-11,13,16,25,29H,3-4,6-8,12H2,(H,23,24). The number of anilines is 1. The average Bonchev–Trinajstić information content (AvgIpc) is 3.36. The van der Waals surface area contributed by atoms with Gasteiger partial charge in [0, 0.05) is 42.0 Å². The number of H-pyrrole nitrogens is 1. The van der Waals surface area contributed by atoms with Gasteiger partial charge in [0.1, 0.15) is 11.4 Å². The molecule has 7 rings (SSSR count). The largest absolute Gasteiger partial charge is 0.507 e. The highest BCUT2D eigenvalue weighted by Gasteiger charge is 2.57. The first-order valence-corrected chi connectivity index (χ1v) is 10.2. The van der Waals surface area contributed by atoms with E-state index in [9.17, 15) is 5.11 Å². The third kappa shape index (κ3) is 2.86. The summed E-state index contributed by atoms with van der Waals surface area (Å²) in [6, 6.07) is 5.98. The van der Waals surface area contributed by atoms with Crippen LogP contribution in [0.3, 0.4) is 0 Å². The van der Waals surface area contributed by atoms with Gasteiger partial charge >= 0.3 is 0 Å². The maximum atomic E-state index is 10.5. The van der Waals surface area contributed by atoms with Gasteiger partial charge in [-0.1, -0.05) is 6.07 Å². The Kier molecular flexibility index (Phi) is 3.64. The fourth-order valence-electron chi connectivity index (χ4n) is 5.02. The van der Waals surface area contributed by atoms with E-state index < -0.39 is 0 Å². The van der Waals surface area contributed by atoms with Crippen molar-refractivity contribution in [3.05, 3.63) is 36.8 Å². The Morgan fingerprint density at radius 2 is 2.03 bits per heavy atom. The molecule has 1 aromatic carbocycles. The molecule has 0 spiro atoms. The first kappa shape index (κ1) is 16.9. The lowest BCUT2D eigenvalue weighted by atomic mass is 9.49. The number of phenolic OH excluding ortho intramolecular Hbond substituents is 1. The van der Waals surface area contributed by atoms with Crippen LogP contribution in [0, 0.1) is 5.92 Å². The van der Waals surface area contributed by atoms with Crippen LogP contribution in [-0.4, -0.2) is 55.2 Å². The van der Waals surface area contributed by atoms with Gasteiger partial charge in [0.25, 0.3) is 0 Å². The Bertz CT molecular complexity index is 1020. The van der Waals surface area contributed by atoms with Crippen LogP contribution < -0.4 is 10.2 Å². The molecule has 1 aliphatic heterocycles. The second-order valence-electron chi connectivity index (χ2n) is 8.70. The Hall–Kier alpha value is -3.00. The van der Waals surface area contributed by atoms with Crippen LogP contribution in [0.25, 0.3) is 22.4 Å². The van der Waals surface area contributed by atoms with Gasteiger partial charge in [-0.3, -0.25) is 5.10 Å². The van der Waals surface area contributed by atoms with Crippen molar-refractivity contribution in [2.75, 3.05) is 18.0 Å².